The number of halogens is 1. The Morgan fingerprint density at radius 3 is 2.59 bits per heavy atom. The number of rotatable bonds is 6. The largest absolute Gasteiger partial charge is 0.325 e. The molecule has 0 radical (unpaired) electrons. The zero-order valence-corrected chi connectivity index (χ0v) is 16.6. The lowest BCUT2D eigenvalue weighted by atomic mass is 10.2. The number of thioether (sulfide) groups is 1. The highest BCUT2D eigenvalue weighted by Crippen LogP contribution is 2.26. The number of nitrogens with one attached hydrogen (secondary N) is 2. The minimum Gasteiger partial charge on any atom is -0.325 e. The third-order valence-electron chi connectivity index (χ3n) is 3.49. The molecular weight excluding hydrogens is 404 g/mol. The van der Waals surface area contributed by atoms with Gasteiger partial charge in [-0.15, -0.1) is 10.2 Å². The normalized spacial score (nSPS) is 10.4. The summed E-state index contributed by atoms with van der Waals surface area (Å²) in [6.07, 6.45) is 0. The average Bonchev–Trinajstić information content (AvgIpc) is 3.09. The summed E-state index contributed by atoms with van der Waals surface area (Å²) in [6, 6.07) is 14.3. The zero-order chi connectivity index (χ0) is 19.2. The van der Waals surface area contributed by atoms with Crippen LogP contribution in [0.15, 0.2) is 52.9 Å². The summed E-state index contributed by atoms with van der Waals surface area (Å²) < 4.78 is 0.587. The second-order valence-electron chi connectivity index (χ2n) is 5.46. The first kappa shape index (κ1) is 19.3. The number of hydrogen-bond donors (Lipinski definition) is 2. The predicted octanol–water partition coefficient (Wildman–Crippen LogP) is 4.48. The van der Waals surface area contributed by atoms with Gasteiger partial charge in [-0.25, -0.2) is 0 Å². The van der Waals surface area contributed by atoms with Crippen molar-refractivity contribution in [2.24, 2.45) is 0 Å². The van der Waals surface area contributed by atoms with Crippen molar-refractivity contribution in [2.75, 3.05) is 16.4 Å². The van der Waals surface area contributed by atoms with Crippen LogP contribution in [0, 0.1) is 6.92 Å². The zero-order valence-electron chi connectivity index (χ0n) is 14.2. The molecule has 0 aliphatic rings. The summed E-state index contributed by atoms with van der Waals surface area (Å²) >= 11 is 8.47. The highest BCUT2D eigenvalue weighted by atomic mass is 35.5. The Morgan fingerprint density at radius 1 is 1.07 bits per heavy atom. The number of hydrogen-bond acceptors (Lipinski definition) is 6. The molecule has 9 heteroatoms. The molecule has 0 spiro atoms. The van der Waals surface area contributed by atoms with Gasteiger partial charge in [0.1, 0.15) is 0 Å². The monoisotopic (exact) mass is 418 g/mol. The van der Waals surface area contributed by atoms with E-state index in [2.05, 4.69) is 20.8 Å². The number of carbonyl (C=O) groups excluding carboxylic acids is 2. The van der Waals surface area contributed by atoms with Crippen molar-refractivity contribution in [3.63, 3.8) is 0 Å². The molecule has 3 aromatic rings. The number of amides is 2. The molecule has 2 amide bonds. The Balaban J connectivity index is 1.54. The molecule has 1 aromatic heterocycles. The summed E-state index contributed by atoms with van der Waals surface area (Å²) in [5, 5.41) is 14.1. The minimum atomic E-state index is -0.356. The summed E-state index contributed by atoms with van der Waals surface area (Å²) in [7, 11) is 0. The van der Waals surface area contributed by atoms with Gasteiger partial charge in [0.25, 0.3) is 5.91 Å². The Morgan fingerprint density at radius 2 is 1.81 bits per heavy atom. The van der Waals surface area contributed by atoms with E-state index in [0.29, 0.717) is 20.1 Å². The summed E-state index contributed by atoms with van der Waals surface area (Å²) in [5.41, 5.74) is 2.14. The number of carbonyl (C=O) groups is 2. The first-order valence-corrected chi connectivity index (χ1v) is 10.1. The molecule has 138 valence electrons. The van der Waals surface area contributed by atoms with Gasteiger partial charge in [0, 0.05) is 5.69 Å². The Labute approximate surface area is 169 Å². The molecular formula is C18H15ClN4O2S2. The molecule has 0 fully saturated rings. The fourth-order valence-electron chi connectivity index (χ4n) is 2.16. The van der Waals surface area contributed by atoms with E-state index >= 15 is 0 Å². The second-order valence-corrected chi connectivity index (χ2v) is 8.07. The topological polar surface area (TPSA) is 84.0 Å². The van der Waals surface area contributed by atoms with Crippen LogP contribution in [-0.4, -0.2) is 27.8 Å². The quantitative estimate of drug-likeness (QED) is 0.455. The Bertz CT molecular complexity index is 977. The lowest BCUT2D eigenvalue weighted by Crippen LogP contribution is -2.14. The maximum absolute atomic E-state index is 12.2. The van der Waals surface area contributed by atoms with Gasteiger partial charge in [0.15, 0.2) is 4.34 Å². The number of aromatic nitrogens is 2. The first-order valence-electron chi connectivity index (χ1n) is 7.90. The fourth-order valence-corrected chi connectivity index (χ4v) is 3.92. The van der Waals surface area contributed by atoms with Gasteiger partial charge in [0.2, 0.25) is 11.0 Å². The molecule has 0 saturated carbocycles. The first-order chi connectivity index (χ1) is 13.0. The summed E-state index contributed by atoms with van der Waals surface area (Å²) in [5.74, 6) is -0.293. The van der Waals surface area contributed by atoms with Crippen LogP contribution < -0.4 is 10.6 Å². The number of aryl methyl sites for hydroxylation is 1. The van der Waals surface area contributed by atoms with Crippen LogP contribution in [0.1, 0.15) is 15.9 Å². The minimum absolute atomic E-state index is 0.133. The SMILES string of the molecule is Cc1ccccc1NC(=O)CSc1nnc(NC(=O)c2ccccc2Cl)s1. The molecule has 0 atom stereocenters. The lowest BCUT2D eigenvalue weighted by Gasteiger charge is -2.06. The number of benzene rings is 2. The molecule has 0 saturated heterocycles. The van der Waals surface area contributed by atoms with Crippen molar-refractivity contribution in [1.82, 2.24) is 10.2 Å². The van der Waals surface area contributed by atoms with E-state index in [0.717, 1.165) is 11.3 Å². The Kier molecular flexibility index (Phi) is 6.44. The van der Waals surface area contributed by atoms with Crippen LogP contribution in [0.4, 0.5) is 10.8 Å². The van der Waals surface area contributed by atoms with Crippen LogP contribution in [0.5, 0.6) is 0 Å². The van der Waals surface area contributed by atoms with Gasteiger partial charge in [-0.3, -0.25) is 14.9 Å². The van der Waals surface area contributed by atoms with Gasteiger partial charge < -0.3 is 5.32 Å². The average molecular weight is 419 g/mol. The molecule has 2 N–H and O–H groups in total. The van der Waals surface area contributed by atoms with E-state index in [1.807, 2.05) is 31.2 Å². The second kappa shape index (κ2) is 8.98. The van der Waals surface area contributed by atoms with E-state index in [-0.39, 0.29) is 17.6 Å². The van der Waals surface area contributed by atoms with E-state index < -0.39 is 0 Å². The molecule has 27 heavy (non-hydrogen) atoms. The Hall–Kier alpha value is -2.42. The van der Waals surface area contributed by atoms with E-state index in [1.54, 1.807) is 24.3 Å². The van der Waals surface area contributed by atoms with Crippen molar-refractivity contribution >= 4 is 57.3 Å². The third-order valence-corrected chi connectivity index (χ3v) is 5.79. The van der Waals surface area contributed by atoms with Gasteiger partial charge >= 0.3 is 0 Å². The van der Waals surface area contributed by atoms with Gasteiger partial charge in [-0.1, -0.05) is 65.0 Å². The van der Waals surface area contributed by atoms with Crippen LogP contribution in [-0.2, 0) is 4.79 Å². The van der Waals surface area contributed by atoms with Crippen LogP contribution in [0.2, 0.25) is 5.02 Å². The van der Waals surface area contributed by atoms with E-state index in [1.165, 1.54) is 23.1 Å². The molecule has 2 aromatic carbocycles. The molecule has 0 aliphatic carbocycles. The maximum atomic E-state index is 12.2. The molecule has 3 rings (SSSR count). The number of anilines is 2. The van der Waals surface area contributed by atoms with Gasteiger partial charge in [-0.05, 0) is 30.7 Å². The molecule has 6 nitrogen and oxygen atoms in total. The standard InChI is InChI=1S/C18H15ClN4O2S2/c1-11-6-2-5-9-14(11)20-15(24)10-26-18-23-22-17(27-18)21-16(25)12-7-3-4-8-13(12)19/h2-9H,10H2,1H3,(H,20,24)(H,21,22,25). The van der Waals surface area contributed by atoms with Crippen molar-refractivity contribution < 1.29 is 9.59 Å². The van der Waals surface area contributed by atoms with Crippen LogP contribution >= 0.6 is 34.7 Å². The highest BCUT2D eigenvalue weighted by Gasteiger charge is 2.14. The van der Waals surface area contributed by atoms with Crippen molar-refractivity contribution in [3.8, 4) is 0 Å². The van der Waals surface area contributed by atoms with Crippen molar-refractivity contribution in [1.29, 1.82) is 0 Å². The van der Waals surface area contributed by atoms with Crippen molar-refractivity contribution in [3.05, 3.63) is 64.7 Å². The summed E-state index contributed by atoms with van der Waals surface area (Å²) in [4.78, 5) is 24.3. The van der Waals surface area contributed by atoms with Crippen molar-refractivity contribution in [2.45, 2.75) is 11.3 Å². The molecule has 0 aliphatic heterocycles. The molecule has 1 heterocycles. The number of nitrogens with zero attached hydrogens (tertiary/aromatic N) is 2. The number of para-hydroxylation sites is 1. The molecule has 0 unspecified atom stereocenters. The van der Waals surface area contributed by atoms with Gasteiger partial charge in [-0.2, -0.15) is 0 Å². The third kappa shape index (κ3) is 5.29. The predicted molar refractivity (Wildman–Crippen MR) is 110 cm³/mol. The smallest absolute Gasteiger partial charge is 0.259 e. The summed E-state index contributed by atoms with van der Waals surface area (Å²) in [6.45, 7) is 1.93. The highest BCUT2D eigenvalue weighted by molar-refractivity contribution is 8.01. The maximum Gasteiger partial charge on any atom is 0.259 e. The van der Waals surface area contributed by atoms with Crippen LogP contribution in [0.3, 0.4) is 0 Å². The van der Waals surface area contributed by atoms with Gasteiger partial charge in [0.05, 0.1) is 16.3 Å². The van der Waals surface area contributed by atoms with E-state index in [4.69, 9.17) is 11.6 Å². The van der Waals surface area contributed by atoms with E-state index in [9.17, 15) is 9.59 Å². The molecule has 0 bridgehead atoms. The fraction of sp³-hybridized carbons (Fsp3) is 0.111. The lowest BCUT2D eigenvalue weighted by molar-refractivity contribution is -0.113. The van der Waals surface area contributed by atoms with Crippen LogP contribution in [0.25, 0.3) is 0 Å².